The number of piperidine rings is 1. The molecule has 1 fully saturated rings. The van der Waals surface area contributed by atoms with Crippen molar-refractivity contribution in [2.24, 2.45) is 10.7 Å². The van der Waals surface area contributed by atoms with Gasteiger partial charge in [0.25, 0.3) is 0 Å². The maximum Gasteiger partial charge on any atom is 0.248 e. The highest BCUT2D eigenvalue weighted by Crippen LogP contribution is 2.18. The Labute approximate surface area is 134 Å². The molecule has 2 heterocycles. The van der Waals surface area contributed by atoms with Gasteiger partial charge in [-0.2, -0.15) is 4.98 Å². The van der Waals surface area contributed by atoms with E-state index in [1.165, 1.54) is 6.42 Å². The van der Waals surface area contributed by atoms with Gasteiger partial charge in [-0.15, -0.1) is 0 Å². The monoisotopic (exact) mass is 319 g/mol. The second kappa shape index (κ2) is 6.79. The highest BCUT2D eigenvalue weighted by atomic mass is 35.5. The molecule has 0 amide bonds. The van der Waals surface area contributed by atoms with Crippen LogP contribution in [0.5, 0.6) is 0 Å². The van der Waals surface area contributed by atoms with Crippen LogP contribution in [0.2, 0.25) is 5.02 Å². The van der Waals surface area contributed by atoms with Gasteiger partial charge in [-0.3, -0.25) is 0 Å². The Balaban J connectivity index is 1.65. The molecule has 116 valence electrons. The fraction of sp³-hybridized carbons (Fsp3) is 0.400. The van der Waals surface area contributed by atoms with Crippen LogP contribution < -0.4 is 5.73 Å². The molecular weight excluding hydrogens is 302 g/mol. The minimum atomic E-state index is 0.295. The van der Waals surface area contributed by atoms with Crippen molar-refractivity contribution in [3.8, 4) is 11.4 Å². The standard InChI is InChI=1S/C15H18ClN5O/c16-12-6-4-11(5-7-12)14-19-13(22-20-14)10-18-15(17)21-8-2-1-3-9-21/h4-7H,1-3,8-10H2,(H2,17,18). The summed E-state index contributed by atoms with van der Waals surface area (Å²) < 4.78 is 5.21. The van der Waals surface area contributed by atoms with E-state index >= 15 is 0 Å². The zero-order valence-electron chi connectivity index (χ0n) is 12.2. The van der Waals surface area contributed by atoms with E-state index in [9.17, 15) is 0 Å². The summed E-state index contributed by atoms with van der Waals surface area (Å²) in [5.74, 6) is 1.52. The summed E-state index contributed by atoms with van der Waals surface area (Å²) in [5.41, 5.74) is 6.86. The van der Waals surface area contributed by atoms with E-state index < -0.39 is 0 Å². The number of nitrogens with two attached hydrogens (primary N) is 1. The van der Waals surface area contributed by atoms with E-state index in [0.717, 1.165) is 31.5 Å². The van der Waals surface area contributed by atoms with Gasteiger partial charge in [0.15, 0.2) is 5.96 Å². The smallest absolute Gasteiger partial charge is 0.248 e. The van der Waals surface area contributed by atoms with Gasteiger partial charge < -0.3 is 15.2 Å². The predicted octanol–water partition coefficient (Wildman–Crippen LogP) is 2.69. The third kappa shape index (κ3) is 3.57. The molecule has 0 atom stereocenters. The lowest BCUT2D eigenvalue weighted by Gasteiger charge is -2.27. The number of hydrogen-bond donors (Lipinski definition) is 1. The van der Waals surface area contributed by atoms with Crippen molar-refractivity contribution in [3.63, 3.8) is 0 Å². The summed E-state index contributed by atoms with van der Waals surface area (Å²) in [6.45, 7) is 2.23. The van der Waals surface area contributed by atoms with Crippen LogP contribution in [0.15, 0.2) is 33.8 Å². The molecule has 1 aliphatic rings. The summed E-state index contributed by atoms with van der Waals surface area (Å²) in [6.07, 6.45) is 3.59. The van der Waals surface area contributed by atoms with Gasteiger partial charge in [0, 0.05) is 23.7 Å². The molecule has 6 nitrogen and oxygen atoms in total. The van der Waals surface area contributed by atoms with Crippen LogP contribution in [0.1, 0.15) is 25.2 Å². The SMILES string of the molecule is NC(=NCc1nc(-c2ccc(Cl)cc2)no1)N1CCCCC1. The second-order valence-corrected chi connectivity index (χ2v) is 5.68. The zero-order chi connectivity index (χ0) is 15.4. The van der Waals surface area contributed by atoms with E-state index in [4.69, 9.17) is 21.9 Å². The van der Waals surface area contributed by atoms with Gasteiger partial charge in [0.2, 0.25) is 11.7 Å². The number of likely N-dealkylation sites (tertiary alicyclic amines) is 1. The Morgan fingerprint density at radius 3 is 2.68 bits per heavy atom. The number of halogens is 1. The third-order valence-electron chi connectivity index (χ3n) is 3.63. The van der Waals surface area contributed by atoms with Crippen LogP contribution in [-0.4, -0.2) is 34.1 Å². The zero-order valence-corrected chi connectivity index (χ0v) is 13.0. The lowest BCUT2D eigenvalue weighted by molar-refractivity contribution is 0.336. The van der Waals surface area contributed by atoms with Crippen molar-refractivity contribution in [3.05, 3.63) is 35.2 Å². The number of aromatic nitrogens is 2. The largest absolute Gasteiger partial charge is 0.370 e. The second-order valence-electron chi connectivity index (χ2n) is 5.24. The average Bonchev–Trinajstić information content (AvgIpc) is 3.03. The Morgan fingerprint density at radius 1 is 1.23 bits per heavy atom. The molecule has 7 heteroatoms. The van der Waals surface area contributed by atoms with Crippen molar-refractivity contribution in [2.75, 3.05) is 13.1 Å². The normalized spacial score (nSPS) is 16.0. The first-order chi connectivity index (χ1) is 10.7. The van der Waals surface area contributed by atoms with Gasteiger partial charge in [-0.1, -0.05) is 16.8 Å². The highest BCUT2D eigenvalue weighted by Gasteiger charge is 2.13. The molecule has 0 unspecified atom stereocenters. The number of hydrogen-bond acceptors (Lipinski definition) is 4. The van der Waals surface area contributed by atoms with Crippen molar-refractivity contribution in [1.82, 2.24) is 15.0 Å². The van der Waals surface area contributed by atoms with Crippen LogP contribution in [-0.2, 0) is 6.54 Å². The minimum absolute atomic E-state index is 0.295. The van der Waals surface area contributed by atoms with Crippen LogP contribution >= 0.6 is 11.6 Å². The summed E-state index contributed by atoms with van der Waals surface area (Å²) >= 11 is 5.86. The Morgan fingerprint density at radius 2 is 1.95 bits per heavy atom. The van der Waals surface area contributed by atoms with Gasteiger partial charge >= 0.3 is 0 Å². The number of benzene rings is 1. The molecule has 0 radical (unpaired) electrons. The van der Waals surface area contributed by atoms with Crippen molar-refractivity contribution >= 4 is 17.6 Å². The minimum Gasteiger partial charge on any atom is -0.370 e. The molecule has 0 spiro atoms. The van der Waals surface area contributed by atoms with E-state index in [2.05, 4.69) is 20.0 Å². The Hall–Kier alpha value is -2.08. The Kier molecular flexibility index (Phi) is 4.58. The lowest BCUT2D eigenvalue weighted by atomic mass is 10.1. The van der Waals surface area contributed by atoms with E-state index in [1.807, 2.05) is 12.1 Å². The maximum absolute atomic E-state index is 6.00. The quantitative estimate of drug-likeness (QED) is 0.695. The molecule has 0 aliphatic carbocycles. The molecule has 1 saturated heterocycles. The first-order valence-corrected chi connectivity index (χ1v) is 7.73. The molecule has 0 bridgehead atoms. The molecule has 2 N–H and O–H groups in total. The predicted molar refractivity (Wildman–Crippen MR) is 85.5 cm³/mol. The topological polar surface area (TPSA) is 80.5 Å². The average molecular weight is 320 g/mol. The summed E-state index contributed by atoms with van der Waals surface area (Å²) in [4.78, 5) is 10.8. The van der Waals surface area contributed by atoms with Gasteiger partial charge in [-0.25, -0.2) is 4.99 Å². The molecule has 1 aliphatic heterocycles. The molecule has 22 heavy (non-hydrogen) atoms. The summed E-state index contributed by atoms with van der Waals surface area (Å²) in [6, 6.07) is 7.28. The number of aliphatic imine (C=N–C) groups is 1. The van der Waals surface area contributed by atoms with E-state index in [0.29, 0.717) is 29.2 Å². The van der Waals surface area contributed by atoms with Crippen molar-refractivity contribution in [1.29, 1.82) is 0 Å². The van der Waals surface area contributed by atoms with Crippen LogP contribution in [0.4, 0.5) is 0 Å². The molecule has 1 aromatic heterocycles. The number of guanidine groups is 1. The molecule has 0 saturated carbocycles. The fourth-order valence-corrected chi connectivity index (χ4v) is 2.53. The summed E-state index contributed by atoms with van der Waals surface area (Å²) in [7, 11) is 0. The molecule has 2 aromatic rings. The summed E-state index contributed by atoms with van der Waals surface area (Å²) in [5, 5.41) is 4.63. The fourth-order valence-electron chi connectivity index (χ4n) is 2.41. The molecule has 3 rings (SSSR count). The lowest BCUT2D eigenvalue weighted by Crippen LogP contribution is -2.40. The Bertz CT molecular complexity index is 646. The first kappa shape index (κ1) is 14.8. The van der Waals surface area contributed by atoms with Crippen molar-refractivity contribution in [2.45, 2.75) is 25.8 Å². The van der Waals surface area contributed by atoms with E-state index in [1.54, 1.807) is 12.1 Å². The molecule has 1 aromatic carbocycles. The van der Waals surface area contributed by atoms with Crippen molar-refractivity contribution < 1.29 is 4.52 Å². The highest BCUT2D eigenvalue weighted by molar-refractivity contribution is 6.30. The van der Waals surface area contributed by atoms with Crippen LogP contribution in [0.3, 0.4) is 0 Å². The van der Waals surface area contributed by atoms with Gasteiger partial charge in [0.1, 0.15) is 6.54 Å². The number of rotatable bonds is 3. The number of nitrogens with zero attached hydrogens (tertiary/aromatic N) is 4. The van der Waals surface area contributed by atoms with Crippen LogP contribution in [0, 0.1) is 0 Å². The maximum atomic E-state index is 6.00. The van der Waals surface area contributed by atoms with Crippen LogP contribution in [0.25, 0.3) is 11.4 Å². The van der Waals surface area contributed by atoms with Gasteiger partial charge in [0.05, 0.1) is 0 Å². The van der Waals surface area contributed by atoms with E-state index in [-0.39, 0.29) is 0 Å². The first-order valence-electron chi connectivity index (χ1n) is 7.36. The molecular formula is C15H18ClN5O. The third-order valence-corrected chi connectivity index (χ3v) is 3.88. The van der Waals surface area contributed by atoms with Gasteiger partial charge in [-0.05, 0) is 43.5 Å².